The minimum absolute atomic E-state index is 0.168. The van der Waals surface area contributed by atoms with Crippen molar-refractivity contribution in [2.45, 2.75) is 32.7 Å². The molecule has 2 rings (SSSR count). The summed E-state index contributed by atoms with van der Waals surface area (Å²) in [6.45, 7) is 4.25. The second kappa shape index (κ2) is 6.45. The van der Waals surface area contributed by atoms with Crippen LogP contribution in [0.2, 0.25) is 0 Å². The number of nitrogens with two attached hydrogens (primary N) is 1. The molecular formula is C16H21N3. The predicted molar refractivity (Wildman–Crippen MR) is 78.5 cm³/mol. The van der Waals surface area contributed by atoms with Crippen molar-refractivity contribution in [2.24, 2.45) is 5.84 Å². The quantitative estimate of drug-likeness (QED) is 0.638. The van der Waals surface area contributed by atoms with Crippen LogP contribution in [0.1, 0.15) is 34.8 Å². The standard InChI is InChI=1S/C16H21N3/c1-12-6-7-14(11-13(12)2)16(19-17)9-8-15-5-3-4-10-18-15/h3-7,10-11,16,19H,8-9,17H2,1-2H3. The molecule has 3 heteroatoms. The van der Waals surface area contributed by atoms with Crippen LogP contribution in [-0.4, -0.2) is 4.98 Å². The summed E-state index contributed by atoms with van der Waals surface area (Å²) in [6, 6.07) is 12.7. The van der Waals surface area contributed by atoms with Crippen LogP contribution in [0.3, 0.4) is 0 Å². The zero-order chi connectivity index (χ0) is 13.7. The van der Waals surface area contributed by atoms with Crippen LogP contribution in [-0.2, 0) is 6.42 Å². The number of hydrazine groups is 1. The van der Waals surface area contributed by atoms with Crippen molar-refractivity contribution >= 4 is 0 Å². The maximum atomic E-state index is 5.69. The van der Waals surface area contributed by atoms with E-state index in [-0.39, 0.29) is 6.04 Å². The molecule has 0 aliphatic heterocycles. The van der Waals surface area contributed by atoms with Crippen molar-refractivity contribution in [1.82, 2.24) is 10.4 Å². The molecule has 0 aliphatic carbocycles. The van der Waals surface area contributed by atoms with Gasteiger partial charge in [-0.05, 0) is 55.5 Å². The molecule has 2 aromatic rings. The van der Waals surface area contributed by atoms with Gasteiger partial charge in [0, 0.05) is 17.9 Å². The van der Waals surface area contributed by atoms with Crippen LogP contribution < -0.4 is 11.3 Å². The summed E-state index contributed by atoms with van der Waals surface area (Å²) >= 11 is 0. The zero-order valence-corrected chi connectivity index (χ0v) is 11.6. The zero-order valence-electron chi connectivity index (χ0n) is 11.6. The highest BCUT2D eigenvalue weighted by atomic mass is 15.2. The monoisotopic (exact) mass is 255 g/mol. The van der Waals surface area contributed by atoms with E-state index >= 15 is 0 Å². The maximum Gasteiger partial charge on any atom is 0.0463 e. The van der Waals surface area contributed by atoms with Crippen LogP contribution in [0.25, 0.3) is 0 Å². The van der Waals surface area contributed by atoms with Crippen LogP contribution >= 0.6 is 0 Å². The third kappa shape index (κ3) is 3.63. The normalized spacial score (nSPS) is 12.4. The number of aromatic nitrogens is 1. The summed E-state index contributed by atoms with van der Waals surface area (Å²) in [4.78, 5) is 4.34. The Morgan fingerprint density at radius 2 is 2.00 bits per heavy atom. The van der Waals surface area contributed by atoms with Gasteiger partial charge in [0.05, 0.1) is 0 Å². The van der Waals surface area contributed by atoms with Gasteiger partial charge in [-0.3, -0.25) is 16.3 Å². The lowest BCUT2D eigenvalue weighted by atomic mass is 9.97. The summed E-state index contributed by atoms with van der Waals surface area (Å²) in [5.41, 5.74) is 7.86. The minimum atomic E-state index is 0.168. The van der Waals surface area contributed by atoms with E-state index in [0.29, 0.717) is 0 Å². The predicted octanol–water partition coefficient (Wildman–Crippen LogP) is 2.84. The Morgan fingerprint density at radius 3 is 2.63 bits per heavy atom. The summed E-state index contributed by atoms with van der Waals surface area (Å²) in [5, 5.41) is 0. The topological polar surface area (TPSA) is 50.9 Å². The number of aryl methyl sites for hydroxylation is 3. The van der Waals surface area contributed by atoms with E-state index in [9.17, 15) is 0 Å². The highest BCUT2D eigenvalue weighted by molar-refractivity contribution is 5.31. The van der Waals surface area contributed by atoms with Gasteiger partial charge in [-0.2, -0.15) is 0 Å². The minimum Gasteiger partial charge on any atom is -0.271 e. The highest BCUT2D eigenvalue weighted by Crippen LogP contribution is 2.20. The van der Waals surface area contributed by atoms with Crippen molar-refractivity contribution in [3.8, 4) is 0 Å². The van der Waals surface area contributed by atoms with Crippen LogP contribution in [0.15, 0.2) is 42.6 Å². The molecule has 100 valence electrons. The number of rotatable bonds is 5. The number of benzene rings is 1. The average Bonchev–Trinajstić information content (AvgIpc) is 2.44. The van der Waals surface area contributed by atoms with Crippen LogP contribution in [0.4, 0.5) is 0 Å². The first-order valence-electron chi connectivity index (χ1n) is 6.64. The van der Waals surface area contributed by atoms with Crippen molar-refractivity contribution in [2.75, 3.05) is 0 Å². The van der Waals surface area contributed by atoms with Crippen molar-refractivity contribution in [3.05, 3.63) is 65.0 Å². The SMILES string of the molecule is Cc1ccc(C(CCc2ccccn2)NN)cc1C. The molecule has 0 spiro atoms. The van der Waals surface area contributed by atoms with E-state index in [2.05, 4.69) is 42.5 Å². The number of hydrogen-bond acceptors (Lipinski definition) is 3. The first kappa shape index (κ1) is 13.7. The van der Waals surface area contributed by atoms with Crippen molar-refractivity contribution < 1.29 is 0 Å². The first-order valence-corrected chi connectivity index (χ1v) is 6.64. The van der Waals surface area contributed by atoms with Gasteiger partial charge >= 0.3 is 0 Å². The number of hydrogen-bond donors (Lipinski definition) is 2. The van der Waals surface area contributed by atoms with E-state index in [0.717, 1.165) is 18.5 Å². The molecule has 19 heavy (non-hydrogen) atoms. The van der Waals surface area contributed by atoms with E-state index in [1.165, 1.54) is 16.7 Å². The summed E-state index contributed by atoms with van der Waals surface area (Å²) < 4.78 is 0. The molecule has 1 aromatic carbocycles. The second-order valence-electron chi connectivity index (χ2n) is 4.92. The molecule has 0 saturated carbocycles. The van der Waals surface area contributed by atoms with Gasteiger partial charge in [-0.1, -0.05) is 24.3 Å². The Labute approximate surface area is 114 Å². The molecule has 0 fully saturated rings. The van der Waals surface area contributed by atoms with Gasteiger partial charge < -0.3 is 0 Å². The molecule has 1 aromatic heterocycles. The van der Waals surface area contributed by atoms with Gasteiger partial charge in [0.1, 0.15) is 0 Å². The molecule has 1 heterocycles. The molecule has 0 amide bonds. The fourth-order valence-corrected chi connectivity index (χ4v) is 2.17. The molecule has 0 radical (unpaired) electrons. The average molecular weight is 255 g/mol. The number of nitrogens with zero attached hydrogens (tertiary/aromatic N) is 1. The third-order valence-electron chi connectivity index (χ3n) is 3.55. The Hall–Kier alpha value is -1.71. The third-order valence-corrected chi connectivity index (χ3v) is 3.55. The Balaban J connectivity index is 2.05. The molecule has 1 atom stereocenters. The number of nitrogens with one attached hydrogen (secondary N) is 1. The fraction of sp³-hybridized carbons (Fsp3) is 0.312. The Morgan fingerprint density at radius 1 is 1.16 bits per heavy atom. The Kier molecular flexibility index (Phi) is 4.66. The first-order chi connectivity index (χ1) is 9.20. The summed E-state index contributed by atoms with van der Waals surface area (Å²) in [5.74, 6) is 5.69. The molecule has 0 bridgehead atoms. The van der Waals surface area contributed by atoms with E-state index in [1.807, 2.05) is 24.4 Å². The fourth-order valence-electron chi connectivity index (χ4n) is 2.17. The molecule has 0 saturated heterocycles. The molecule has 3 nitrogen and oxygen atoms in total. The molecule has 0 aliphatic rings. The van der Waals surface area contributed by atoms with Gasteiger partial charge in [-0.25, -0.2) is 0 Å². The second-order valence-corrected chi connectivity index (χ2v) is 4.92. The lowest BCUT2D eigenvalue weighted by Crippen LogP contribution is -2.28. The molecule has 3 N–H and O–H groups in total. The van der Waals surface area contributed by atoms with Crippen LogP contribution in [0, 0.1) is 13.8 Å². The lowest BCUT2D eigenvalue weighted by Gasteiger charge is -2.17. The van der Waals surface area contributed by atoms with Gasteiger partial charge in [-0.15, -0.1) is 0 Å². The lowest BCUT2D eigenvalue weighted by molar-refractivity contribution is 0.513. The highest BCUT2D eigenvalue weighted by Gasteiger charge is 2.10. The molecule has 1 unspecified atom stereocenters. The maximum absolute atomic E-state index is 5.69. The summed E-state index contributed by atoms with van der Waals surface area (Å²) in [6.07, 6.45) is 3.69. The number of pyridine rings is 1. The smallest absolute Gasteiger partial charge is 0.0463 e. The summed E-state index contributed by atoms with van der Waals surface area (Å²) in [7, 11) is 0. The van der Waals surface area contributed by atoms with E-state index < -0.39 is 0 Å². The van der Waals surface area contributed by atoms with Gasteiger partial charge in [0.15, 0.2) is 0 Å². The van der Waals surface area contributed by atoms with Gasteiger partial charge in [0.25, 0.3) is 0 Å². The van der Waals surface area contributed by atoms with Crippen molar-refractivity contribution in [3.63, 3.8) is 0 Å². The van der Waals surface area contributed by atoms with E-state index in [4.69, 9.17) is 5.84 Å². The van der Waals surface area contributed by atoms with Gasteiger partial charge in [0.2, 0.25) is 0 Å². The largest absolute Gasteiger partial charge is 0.271 e. The van der Waals surface area contributed by atoms with E-state index in [1.54, 1.807) is 0 Å². The van der Waals surface area contributed by atoms with Crippen LogP contribution in [0.5, 0.6) is 0 Å². The molecular weight excluding hydrogens is 234 g/mol. The Bertz CT molecular complexity index is 523. The van der Waals surface area contributed by atoms with Crippen molar-refractivity contribution in [1.29, 1.82) is 0 Å².